The number of rotatable bonds is 6. The van der Waals surface area contributed by atoms with Crippen LogP contribution in [-0.2, 0) is 18.4 Å². The molecule has 0 bridgehead atoms. The Labute approximate surface area is 214 Å². The van der Waals surface area contributed by atoms with E-state index in [0.29, 0.717) is 26.1 Å². The number of carbonyl (C=O) groups is 2. The van der Waals surface area contributed by atoms with Crippen molar-refractivity contribution in [1.82, 2.24) is 15.1 Å². The Morgan fingerprint density at radius 3 is 2.17 bits per heavy atom. The average molecular weight is 528 g/mol. The Morgan fingerprint density at radius 1 is 1.06 bits per heavy atom. The summed E-state index contributed by atoms with van der Waals surface area (Å²) in [6.07, 6.45) is -0.307. The van der Waals surface area contributed by atoms with E-state index in [1.165, 1.54) is 0 Å². The average Bonchev–Trinajstić information content (AvgIpc) is 3.18. The van der Waals surface area contributed by atoms with Crippen LogP contribution < -0.4 is 5.32 Å². The van der Waals surface area contributed by atoms with E-state index < -0.39 is 28.3 Å². The molecule has 0 spiro atoms. The van der Waals surface area contributed by atoms with Gasteiger partial charge >= 0.3 is 6.03 Å². The summed E-state index contributed by atoms with van der Waals surface area (Å²) in [7, 11) is -2.09. The van der Waals surface area contributed by atoms with Gasteiger partial charge in [-0.2, -0.15) is 0 Å². The molecule has 0 saturated carbocycles. The van der Waals surface area contributed by atoms with Crippen molar-refractivity contribution in [3.05, 3.63) is 0 Å². The van der Waals surface area contributed by atoms with Gasteiger partial charge in [-0.3, -0.25) is 15.0 Å². The molecule has 0 aromatic heterocycles. The van der Waals surface area contributed by atoms with Crippen molar-refractivity contribution in [2.45, 2.75) is 116 Å². The van der Waals surface area contributed by atoms with Crippen LogP contribution in [0.15, 0.2) is 0 Å². The van der Waals surface area contributed by atoms with Gasteiger partial charge in [0.1, 0.15) is 12.3 Å². The van der Waals surface area contributed by atoms with Gasteiger partial charge in [-0.1, -0.05) is 41.5 Å². The third-order valence-corrected chi connectivity index (χ3v) is 18.3. The molecule has 3 aliphatic rings. The standard InChI is InChI=1S/C25H49N3O5Si2/c1-23(2,3)34(9,10)31-15-18-17(33-35(11,12)24(4,5)6)13-20(32-18)28-19-14-27(8)16-25(19,7)21(29)26-22(28)30/h17-20H,13-16H2,1-12H3,(H,26,29,30)/t17-,18+,19+,20+,25-/m0/s1. The van der Waals surface area contributed by atoms with Crippen LogP contribution in [0.4, 0.5) is 4.79 Å². The minimum atomic E-state index is -2.09. The number of hydrogen-bond donors (Lipinski definition) is 1. The summed E-state index contributed by atoms with van der Waals surface area (Å²) in [4.78, 5) is 29.8. The fourth-order valence-electron chi connectivity index (χ4n) is 4.83. The van der Waals surface area contributed by atoms with E-state index in [9.17, 15) is 9.59 Å². The zero-order valence-electron chi connectivity index (χ0n) is 24.1. The monoisotopic (exact) mass is 527 g/mol. The normalized spacial score (nSPS) is 33.3. The molecular weight excluding hydrogens is 478 g/mol. The number of carbonyl (C=O) groups excluding carboxylic acids is 2. The molecule has 202 valence electrons. The molecule has 10 heteroatoms. The van der Waals surface area contributed by atoms with Gasteiger partial charge in [-0.25, -0.2) is 4.79 Å². The van der Waals surface area contributed by atoms with Crippen LogP contribution in [0, 0.1) is 5.41 Å². The van der Waals surface area contributed by atoms with Gasteiger partial charge < -0.3 is 18.5 Å². The van der Waals surface area contributed by atoms with Crippen molar-refractivity contribution in [3.63, 3.8) is 0 Å². The minimum Gasteiger partial charge on any atom is -0.414 e. The summed E-state index contributed by atoms with van der Waals surface area (Å²) in [5.74, 6) is -0.196. The van der Waals surface area contributed by atoms with Crippen LogP contribution in [-0.4, -0.2) is 89.6 Å². The summed E-state index contributed by atoms with van der Waals surface area (Å²) >= 11 is 0. The lowest BCUT2D eigenvalue weighted by atomic mass is 9.81. The molecule has 5 atom stereocenters. The summed E-state index contributed by atoms with van der Waals surface area (Å²) in [6.45, 7) is 26.0. The number of nitrogens with one attached hydrogen (secondary N) is 1. The van der Waals surface area contributed by atoms with Gasteiger partial charge in [-0.05, 0) is 50.2 Å². The summed E-state index contributed by atoms with van der Waals surface area (Å²) in [5, 5.41) is 2.74. The molecule has 8 nitrogen and oxygen atoms in total. The van der Waals surface area contributed by atoms with Gasteiger partial charge in [0.2, 0.25) is 5.91 Å². The Hall–Kier alpha value is -0.786. The van der Waals surface area contributed by atoms with Crippen molar-refractivity contribution in [2.24, 2.45) is 5.41 Å². The highest BCUT2D eigenvalue weighted by atomic mass is 28.4. The number of imide groups is 1. The van der Waals surface area contributed by atoms with E-state index in [2.05, 4.69) is 77.9 Å². The number of urea groups is 1. The molecule has 0 aromatic carbocycles. The number of likely N-dealkylation sites (tertiary alicyclic amines) is 1. The number of nitrogens with zero attached hydrogens (tertiary/aromatic N) is 2. The minimum absolute atomic E-state index is 0.0532. The maximum atomic E-state index is 13.1. The molecule has 3 fully saturated rings. The number of likely N-dealkylation sites (N-methyl/N-ethyl adjacent to an activating group) is 1. The van der Waals surface area contributed by atoms with E-state index in [-0.39, 0.29) is 40.3 Å². The van der Waals surface area contributed by atoms with Crippen molar-refractivity contribution >= 4 is 28.6 Å². The molecule has 0 unspecified atom stereocenters. The summed E-state index contributed by atoms with van der Waals surface area (Å²) in [5.41, 5.74) is -0.655. The molecule has 1 N–H and O–H groups in total. The summed E-state index contributed by atoms with van der Waals surface area (Å²) < 4.78 is 20.1. The molecule has 0 radical (unpaired) electrons. The quantitative estimate of drug-likeness (QED) is 0.516. The van der Waals surface area contributed by atoms with Gasteiger partial charge in [0, 0.05) is 19.5 Å². The lowest BCUT2D eigenvalue weighted by molar-refractivity contribution is -0.139. The van der Waals surface area contributed by atoms with Gasteiger partial charge in [0.15, 0.2) is 16.6 Å². The molecule has 3 rings (SSSR count). The molecule has 3 saturated heterocycles. The molecule has 0 aliphatic carbocycles. The highest BCUT2D eigenvalue weighted by molar-refractivity contribution is 6.74. The zero-order chi connectivity index (χ0) is 26.8. The lowest BCUT2D eigenvalue weighted by Gasteiger charge is -2.44. The van der Waals surface area contributed by atoms with E-state index in [4.69, 9.17) is 13.6 Å². The van der Waals surface area contributed by atoms with Crippen molar-refractivity contribution < 1.29 is 23.2 Å². The second kappa shape index (κ2) is 9.20. The summed E-state index contributed by atoms with van der Waals surface area (Å²) in [6, 6.07) is -0.595. The predicted molar refractivity (Wildman–Crippen MR) is 143 cm³/mol. The molecule has 35 heavy (non-hydrogen) atoms. The first kappa shape index (κ1) is 28.8. The molecule has 3 heterocycles. The molecule has 0 aromatic rings. The maximum absolute atomic E-state index is 13.1. The van der Waals surface area contributed by atoms with Gasteiger partial charge in [0.25, 0.3) is 0 Å². The largest absolute Gasteiger partial charge is 0.414 e. The number of hydrogen-bond acceptors (Lipinski definition) is 6. The molecule has 3 aliphatic heterocycles. The Balaban J connectivity index is 1.87. The Kier molecular flexibility index (Phi) is 7.56. The number of fused-ring (bicyclic) bond motifs is 1. The SMILES string of the molecule is CN1C[C@H]2N([C@H]3C[C@H](O[Si](C)(C)C(C)(C)C)[C@@H](CO[Si](C)(C)C(C)(C)C)O3)C(=O)NC(=O)[C@@]2(C)C1. The topological polar surface area (TPSA) is 80.3 Å². The highest BCUT2D eigenvalue weighted by Crippen LogP contribution is 2.44. The van der Waals surface area contributed by atoms with Gasteiger partial charge in [0.05, 0.1) is 24.2 Å². The highest BCUT2D eigenvalue weighted by Gasteiger charge is 2.58. The van der Waals surface area contributed by atoms with Crippen molar-refractivity contribution in [3.8, 4) is 0 Å². The van der Waals surface area contributed by atoms with E-state index in [1.807, 2.05) is 14.0 Å². The zero-order valence-corrected chi connectivity index (χ0v) is 26.1. The lowest BCUT2D eigenvalue weighted by Crippen LogP contribution is -2.67. The van der Waals surface area contributed by atoms with Crippen LogP contribution in [0.25, 0.3) is 0 Å². The fourth-order valence-corrected chi connectivity index (χ4v) is 7.20. The third kappa shape index (κ3) is 5.43. The van der Waals surface area contributed by atoms with Crippen LogP contribution in [0.5, 0.6) is 0 Å². The Bertz CT molecular complexity index is 838. The van der Waals surface area contributed by atoms with Crippen molar-refractivity contribution in [2.75, 3.05) is 26.7 Å². The van der Waals surface area contributed by atoms with Crippen molar-refractivity contribution in [1.29, 1.82) is 0 Å². The van der Waals surface area contributed by atoms with Gasteiger partial charge in [-0.15, -0.1) is 0 Å². The molecular formula is C25H49N3O5Si2. The third-order valence-electron chi connectivity index (χ3n) is 9.29. The first-order chi connectivity index (χ1) is 15.7. The smallest absolute Gasteiger partial charge is 0.326 e. The number of amides is 3. The Morgan fingerprint density at radius 2 is 1.63 bits per heavy atom. The first-order valence-corrected chi connectivity index (χ1v) is 18.8. The maximum Gasteiger partial charge on any atom is 0.326 e. The first-order valence-electron chi connectivity index (χ1n) is 13.0. The fraction of sp³-hybridized carbons (Fsp3) is 0.920. The van der Waals surface area contributed by atoms with E-state index in [1.54, 1.807) is 4.90 Å². The molecule has 3 amide bonds. The second-order valence-corrected chi connectivity index (χ2v) is 23.7. The number of ether oxygens (including phenoxy) is 1. The second-order valence-electron chi connectivity index (χ2n) is 14.1. The van der Waals surface area contributed by atoms with E-state index in [0.717, 1.165) is 0 Å². The van der Waals surface area contributed by atoms with E-state index >= 15 is 0 Å². The predicted octanol–water partition coefficient (Wildman–Crippen LogP) is 4.39. The van der Waals surface area contributed by atoms with Crippen LogP contribution in [0.2, 0.25) is 36.3 Å². The van der Waals surface area contributed by atoms with Crippen LogP contribution in [0.1, 0.15) is 54.9 Å². The van der Waals surface area contributed by atoms with Crippen LogP contribution >= 0.6 is 0 Å². The van der Waals surface area contributed by atoms with Crippen LogP contribution in [0.3, 0.4) is 0 Å².